The van der Waals surface area contributed by atoms with Gasteiger partial charge in [-0.15, -0.1) is 0 Å². The second-order valence-corrected chi connectivity index (χ2v) is 12.6. The highest BCUT2D eigenvalue weighted by Crippen LogP contribution is 2.42. The normalized spacial score (nSPS) is 11.4. The first-order chi connectivity index (χ1) is 25.8. The van der Waals surface area contributed by atoms with E-state index in [1.165, 1.54) is 0 Å². The van der Waals surface area contributed by atoms with E-state index in [2.05, 4.69) is 120 Å². The van der Waals surface area contributed by atoms with Gasteiger partial charge in [-0.2, -0.15) is 5.26 Å². The van der Waals surface area contributed by atoms with Gasteiger partial charge in [0.15, 0.2) is 11.6 Å². The molecule has 5 aromatic carbocycles. The van der Waals surface area contributed by atoms with E-state index >= 15 is 0 Å². The van der Waals surface area contributed by atoms with Crippen molar-refractivity contribution >= 4 is 43.6 Å². The quantitative estimate of drug-likeness (QED) is 0.181. The van der Waals surface area contributed by atoms with E-state index in [0.717, 1.165) is 77.2 Å². The first-order valence-corrected chi connectivity index (χ1v) is 16.9. The first kappa shape index (κ1) is 29.4. The van der Waals surface area contributed by atoms with Gasteiger partial charge in [0.25, 0.3) is 0 Å². The summed E-state index contributed by atoms with van der Waals surface area (Å²) >= 11 is 0. The molecule has 0 unspecified atom stereocenters. The molecule has 5 aromatic heterocycles. The van der Waals surface area contributed by atoms with Crippen molar-refractivity contribution in [2.45, 2.75) is 0 Å². The largest absolute Gasteiger partial charge is 0.307 e. The van der Waals surface area contributed by atoms with Gasteiger partial charge in [0.2, 0.25) is 0 Å². The smallest absolute Gasteiger partial charge is 0.159 e. The molecule has 0 aliphatic carbocycles. The average Bonchev–Trinajstić information content (AvgIpc) is 3.73. The van der Waals surface area contributed by atoms with E-state index < -0.39 is 0 Å². The van der Waals surface area contributed by atoms with Crippen molar-refractivity contribution < 1.29 is 0 Å². The molecule has 0 radical (unpaired) electrons. The van der Waals surface area contributed by atoms with Gasteiger partial charge in [-0.3, -0.25) is 4.98 Å². The van der Waals surface area contributed by atoms with Gasteiger partial charge in [0, 0.05) is 63.0 Å². The van der Waals surface area contributed by atoms with Crippen LogP contribution in [0.25, 0.3) is 88.9 Å². The van der Waals surface area contributed by atoms with E-state index in [1.807, 2.05) is 48.8 Å². The van der Waals surface area contributed by atoms with E-state index in [9.17, 15) is 5.26 Å². The molecule has 0 N–H and O–H groups in total. The lowest BCUT2D eigenvalue weighted by molar-refractivity contribution is 1.09. The number of benzene rings is 5. The van der Waals surface area contributed by atoms with Crippen LogP contribution >= 0.6 is 0 Å². The molecular formula is C44H26N8. The Morgan fingerprint density at radius 2 is 0.885 bits per heavy atom. The highest BCUT2D eigenvalue weighted by molar-refractivity contribution is 6.12. The summed E-state index contributed by atoms with van der Waals surface area (Å²) in [5.74, 6) is 1.31. The van der Waals surface area contributed by atoms with Gasteiger partial charge in [0.05, 0.1) is 57.5 Å². The Kier molecular flexibility index (Phi) is 6.69. The van der Waals surface area contributed by atoms with Gasteiger partial charge in [0.1, 0.15) is 0 Å². The van der Waals surface area contributed by atoms with Crippen molar-refractivity contribution in [3.63, 3.8) is 0 Å². The number of hydrogen-bond donors (Lipinski definition) is 0. The predicted molar refractivity (Wildman–Crippen MR) is 205 cm³/mol. The number of hydrogen-bond acceptors (Lipinski definition) is 6. The summed E-state index contributed by atoms with van der Waals surface area (Å²) in [5.41, 5.74) is 10.2. The van der Waals surface area contributed by atoms with Crippen molar-refractivity contribution in [2.75, 3.05) is 0 Å². The SMILES string of the molecule is N#Cc1ccc(-c2c(-n3c4ccccc4c4ccc(-c5ncccn5)cc43)cncc2-n2c3ccccc3c3ccc(-c4ncccn4)cc32)cc1. The van der Waals surface area contributed by atoms with E-state index in [1.54, 1.807) is 24.8 Å². The fourth-order valence-corrected chi connectivity index (χ4v) is 7.42. The molecule has 5 heterocycles. The van der Waals surface area contributed by atoms with Crippen LogP contribution in [0.2, 0.25) is 0 Å². The van der Waals surface area contributed by atoms with Crippen LogP contribution in [0.4, 0.5) is 0 Å². The minimum Gasteiger partial charge on any atom is -0.307 e. The topological polar surface area (TPSA) is 98.1 Å². The molecule has 0 aliphatic heterocycles. The zero-order chi connectivity index (χ0) is 34.6. The van der Waals surface area contributed by atoms with Crippen LogP contribution in [-0.2, 0) is 0 Å². The number of nitrogens with zero attached hydrogens (tertiary/aromatic N) is 8. The third-order valence-corrected chi connectivity index (χ3v) is 9.69. The van der Waals surface area contributed by atoms with Crippen molar-refractivity contribution in [3.8, 4) is 51.3 Å². The summed E-state index contributed by atoms with van der Waals surface area (Å²) in [5, 5.41) is 14.2. The Bertz CT molecular complexity index is 2840. The van der Waals surface area contributed by atoms with Crippen molar-refractivity contribution in [3.05, 3.63) is 164 Å². The monoisotopic (exact) mass is 666 g/mol. The van der Waals surface area contributed by atoms with Gasteiger partial charge >= 0.3 is 0 Å². The first-order valence-electron chi connectivity index (χ1n) is 16.9. The predicted octanol–water partition coefficient (Wildman–Crippen LogP) is 9.73. The number of rotatable bonds is 5. The summed E-state index contributed by atoms with van der Waals surface area (Å²) in [6.07, 6.45) is 10.9. The van der Waals surface area contributed by atoms with Gasteiger partial charge in [-0.25, -0.2) is 19.9 Å². The van der Waals surface area contributed by atoms with E-state index in [4.69, 9.17) is 4.98 Å². The average molecular weight is 667 g/mol. The molecule has 0 spiro atoms. The van der Waals surface area contributed by atoms with Crippen LogP contribution in [0.15, 0.2) is 159 Å². The van der Waals surface area contributed by atoms with Crippen molar-refractivity contribution in [1.82, 2.24) is 34.1 Å². The minimum atomic E-state index is 0.592. The Morgan fingerprint density at radius 1 is 0.442 bits per heavy atom. The number of fused-ring (bicyclic) bond motifs is 6. The van der Waals surface area contributed by atoms with Crippen LogP contribution in [0, 0.1) is 11.3 Å². The molecule has 0 aliphatic rings. The van der Waals surface area contributed by atoms with Crippen LogP contribution in [0.5, 0.6) is 0 Å². The molecule has 0 fully saturated rings. The fraction of sp³-hybridized carbons (Fsp3) is 0. The molecule has 8 nitrogen and oxygen atoms in total. The van der Waals surface area contributed by atoms with Crippen molar-refractivity contribution in [1.29, 1.82) is 5.26 Å². The Morgan fingerprint density at radius 3 is 1.37 bits per heavy atom. The Labute approximate surface area is 297 Å². The molecule has 0 amide bonds. The molecular weight excluding hydrogens is 641 g/mol. The standard InChI is InChI=1S/C44H26N8/c45-25-28-11-13-29(14-12-28)42-40(51-36-9-3-1-7-32(36)34-17-15-30(23-38(34)51)43-47-19-5-20-48-43)26-46-27-41(42)52-37-10-4-2-8-33(37)35-18-16-31(24-39(35)52)44-49-21-6-22-50-44/h1-24,26-27H. The number of para-hydroxylation sites is 2. The summed E-state index contributed by atoms with van der Waals surface area (Å²) in [7, 11) is 0. The number of aromatic nitrogens is 7. The Balaban J connectivity index is 1.33. The van der Waals surface area contributed by atoms with E-state index in [0.29, 0.717) is 17.2 Å². The molecule has 52 heavy (non-hydrogen) atoms. The van der Waals surface area contributed by atoms with Crippen LogP contribution < -0.4 is 0 Å². The molecule has 0 saturated carbocycles. The summed E-state index contributed by atoms with van der Waals surface area (Å²) in [6.45, 7) is 0. The summed E-state index contributed by atoms with van der Waals surface area (Å²) < 4.78 is 4.58. The lowest BCUT2D eigenvalue weighted by Gasteiger charge is -2.19. The highest BCUT2D eigenvalue weighted by atomic mass is 15.0. The lowest BCUT2D eigenvalue weighted by atomic mass is 10.0. The highest BCUT2D eigenvalue weighted by Gasteiger charge is 2.23. The third-order valence-electron chi connectivity index (χ3n) is 9.69. The van der Waals surface area contributed by atoms with Crippen molar-refractivity contribution in [2.24, 2.45) is 0 Å². The maximum Gasteiger partial charge on any atom is 0.159 e. The van der Waals surface area contributed by atoms with Crippen LogP contribution in [0.1, 0.15) is 5.56 Å². The molecule has 242 valence electrons. The lowest BCUT2D eigenvalue weighted by Crippen LogP contribution is -2.05. The van der Waals surface area contributed by atoms with Gasteiger partial charge in [-0.05, 0) is 54.1 Å². The molecule has 0 saturated heterocycles. The van der Waals surface area contributed by atoms with E-state index in [-0.39, 0.29) is 0 Å². The van der Waals surface area contributed by atoms with Crippen LogP contribution in [0.3, 0.4) is 0 Å². The zero-order valence-corrected chi connectivity index (χ0v) is 27.6. The minimum absolute atomic E-state index is 0.592. The van der Waals surface area contributed by atoms with Gasteiger partial charge < -0.3 is 9.13 Å². The molecule has 0 bridgehead atoms. The third kappa shape index (κ3) is 4.57. The van der Waals surface area contributed by atoms with Gasteiger partial charge in [-0.1, -0.05) is 72.8 Å². The van der Waals surface area contributed by atoms with Crippen LogP contribution in [-0.4, -0.2) is 34.1 Å². The number of nitriles is 1. The maximum atomic E-state index is 9.73. The zero-order valence-electron chi connectivity index (χ0n) is 27.6. The second-order valence-electron chi connectivity index (χ2n) is 12.6. The molecule has 0 atom stereocenters. The summed E-state index contributed by atoms with van der Waals surface area (Å²) in [6, 6.07) is 43.4. The summed E-state index contributed by atoms with van der Waals surface area (Å²) in [4.78, 5) is 23.2. The molecule has 8 heteroatoms. The molecule has 10 aromatic rings. The fourth-order valence-electron chi connectivity index (χ4n) is 7.42. The number of pyridine rings is 1. The Hall–Kier alpha value is -7.50. The second kappa shape index (κ2) is 11.8. The maximum absolute atomic E-state index is 9.73. The molecule has 10 rings (SSSR count).